The second kappa shape index (κ2) is 4.65. The molecular weight excluding hydrogens is 224 g/mol. The number of methoxy groups -OCH3 is 1. The lowest BCUT2D eigenvalue weighted by atomic mass is 10.2. The highest BCUT2D eigenvalue weighted by molar-refractivity contribution is 5.79. The van der Waals surface area contributed by atoms with Crippen molar-refractivity contribution in [2.75, 3.05) is 19.0 Å². The molecule has 2 aromatic rings. The minimum Gasteiger partial charge on any atom is -0.468 e. The molecule has 0 bridgehead atoms. The number of nitrogens with one attached hydrogen (secondary N) is 1. The van der Waals surface area contributed by atoms with Crippen LogP contribution in [0.2, 0.25) is 0 Å². The molecule has 0 aliphatic heterocycles. The van der Waals surface area contributed by atoms with Gasteiger partial charge >= 0.3 is 5.97 Å². The molecule has 6 heteroatoms. The van der Waals surface area contributed by atoms with Crippen LogP contribution in [-0.2, 0) is 9.53 Å². The molecule has 0 amide bonds. The van der Waals surface area contributed by atoms with Crippen molar-refractivity contribution in [3.8, 4) is 0 Å². The van der Waals surface area contributed by atoms with Crippen LogP contribution in [0.1, 0.15) is 0 Å². The van der Waals surface area contributed by atoms with Crippen LogP contribution in [0.15, 0.2) is 33.6 Å². The molecule has 0 aliphatic carbocycles. The molecule has 1 aromatic carbocycles. The van der Waals surface area contributed by atoms with Crippen LogP contribution in [0, 0.1) is 0 Å². The molecule has 1 aromatic heterocycles. The summed E-state index contributed by atoms with van der Waals surface area (Å²) in [6.07, 6.45) is 0. The van der Waals surface area contributed by atoms with E-state index >= 15 is 0 Å². The Bertz CT molecular complexity index is 606. The van der Waals surface area contributed by atoms with Crippen LogP contribution in [-0.4, -0.2) is 24.8 Å². The van der Waals surface area contributed by atoms with E-state index < -0.39 is 5.97 Å². The lowest BCUT2D eigenvalue weighted by molar-refractivity contribution is -0.138. The lowest BCUT2D eigenvalue weighted by Gasteiger charge is -2.02. The summed E-state index contributed by atoms with van der Waals surface area (Å²) in [4.78, 5) is 22.8. The summed E-state index contributed by atoms with van der Waals surface area (Å²) < 4.78 is 9.46. The maximum atomic E-state index is 11.9. The molecule has 0 atom stereocenters. The zero-order chi connectivity index (χ0) is 12.3. The average molecular weight is 234 g/mol. The van der Waals surface area contributed by atoms with E-state index in [1.807, 2.05) is 0 Å². The van der Waals surface area contributed by atoms with Crippen molar-refractivity contribution in [3.63, 3.8) is 0 Å². The number of para-hydroxylation sites is 1. The Balaban J connectivity index is 2.33. The molecule has 0 spiro atoms. The van der Waals surface area contributed by atoms with Crippen molar-refractivity contribution in [1.29, 1.82) is 0 Å². The zero-order valence-electron chi connectivity index (χ0n) is 9.10. The number of carbonyl (C=O) groups excluding carboxylic acids is 1. The first kappa shape index (κ1) is 11.1. The topological polar surface area (TPSA) is 81.4 Å². The van der Waals surface area contributed by atoms with E-state index in [0.29, 0.717) is 11.0 Å². The molecular formula is C11H10N2O4. The maximum absolute atomic E-state index is 11.9. The molecule has 2 rings (SSSR count). The number of fused-ring (bicyclic) bond motifs is 1. The van der Waals surface area contributed by atoms with Gasteiger partial charge in [-0.05, 0) is 12.1 Å². The first-order chi connectivity index (χ1) is 8.22. The Morgan fingerprint density at radius 3 is 3.00 bits per heavy atom. The third-order valence-corrected chi connectivity index (χ3v) is 2.21. The third kappa shape index (κ3) is 2.25. The van der Waals surface area contributed by atoms with E-state index in [-0.39, 0.29) is 17.8 Å². The smallest absolute Gasteiger partial charge is 0.325 e. The van der Waals surface area contributed by atoms with Crippen LogP contribution in [0.25, 0.3) is 11.0 Å². The van der Waals surface area contributed by atoms with Crippen LogP contribution in [0.5, 0.6) is 0 Å². The van der Waals surface area contributed by atoms with E-state index in [1.165, 1.54) is 7.11 Å². The van der Waals surface area contributed by atoms with Crippen LogP contribution >= 0.6 is 0 Å². The maximum Gasteiger partial charge on any atom is 0.325 e. The van der Waals surface area contributed by atoms with Gasteiger partial charge in [0.05, 0.1) is 12.5 Å². The molecule has 0 unspecified atom stereocenters. The summed E-state index contributed by atoms with van der Waals surface area (Å²) >= 11 is 0. The largest absolute Gasteiger partial charge is 0.468 e. The fourth-order valence-electron chi connectivity index (χ4n) is 1.34. The summed E-state index contributed by atoms with van der Waals surface area (Å²) in [5, 5.41) is 6.58. The number of aromatic nitrogens is 1. The van der Waals surface area contributed by atoms with Gasteiger partial charge in [-0.15, -0.1) is 0 Å². The highest BCUT2D eigenvalue weighted by atomic mass is 16.5. The third-order valence-electron chi connectivity index (χ3n) is 2.21. The van der Waals surface area contributed by atoms with Crippen molar-refractivity contribution >= 4 is 22.8 Å². The zero-order valence-corrected chi connectivity index (χ0v) is 9.10. The summed E-state index contributed by atoms with van der Waals surface area (Å²) in [5.74, 6) is -0.492. The molecule has 1 N–H and O–H groups in total. The number of carbonyl (C=O) groups is 1. The first-order valence-electron chi connectivity index (χ1n) is 4.92. The lowest BCUT2D eigenvalue weighted by Crippen LogP contribution is -2.20. The standard InChI is InChI=1S/C11H10N2O4/c1-16-9(14)6-12-11-10(15)7-4-2-3-5-8(7)17-13-11/h2-5H,6H2,1H3,(H,12,13). The van der Waals surface area contributed by atoms with Gasteiger partial charge in [-0.3, -0.25) is 9.59 Å². The van der Waals surface area contributed by atoms with Crippen LogP contribution < -0.4 is 10.7 Å². The van der Waals surface area contributed by atoms with Crippen LogP contribution in [0.4, 0.5) is 5.82 Å². The van der Waals surface area contributed by atoms with E-state index in [0.717, 1.165) is 0 Å². The Morgan fingerprint density at radius 1 is 1.47 bits per heavy atom. The first-order valence-corrected chi connectivity index (χ1v) is 4.92. The number of ether oxygens (including phenoxy) is 1. The summed E-state index contributed by atoms with van der Waals surface area (Å²) in [5.41, 5.74) is 0.0943. The Morgan fingerprint density at radius 2 is 2.24 bits per heavy atom. The number of esters is 1. The summed E-state index contributed by atoms with van der Waals surface area (Å²) in [6, 6.07) is 6.75. The van der Waals surface area contributed by atoms with Gasteiger partial charge in [-0.1, -0.05) is 17.3 Å². The Hall–Kier alpha value is -2.37. The molecule has 6 nitrogen and oxygen atoms in total. The van der Waals surface area contributed by atoms with Gasteiger partial charge < -0.3 is 14.6 Å². The molecule has 0 saturated carbocycles. The van der Waals surface area contributed by atoms with Gasteiger partial charge in [0.15, 0.2) is 5.58 Å². The van der Waals surface area contributed by atoms with E-state index in [4.69, 9.17) is 4.52 Å². The molecule has 0 radical (unpaired) electrons. The van der Waals surface area contributed by atoms with Gasteiger partial charge in [0, 0.05) is 0 Å². The SMILES string of the molecule is COC(=O)CNc1noc2ccccc2c1=O. The molecule has 0 saturated heterocycles. The van der Waals surface area contributed by atoms with Crippen molar-refractivity contribution in [1.82, 2.24) is 5.16 Å². The van der Waals surface area contributed by atoms with Gasteiger partial charge in [0.2, 0.25) is 11.2 Å². The second-order valence-electron chi connectivity index (χ2n) is 3.29. The molecule has 17 heavy (non-hydrogen) atoms. The normalized spacial score (nSPS) is 10.2. The number of nitrogens with zero attached hydrogens (tertiary/aromatic N) is 1. The Labute approximate surface area is 96.2 Å². The van der Waals surface area contributed by atoms with Gasteiger partial charge in [0.1, 0.15) is 6.54 Å². The highest BCUT2D eigenvalue weighted by Crippen LogP contribution is 2.09. The molecule has 0 fully saturated rings. The van der Waals surface area contributed by atoms with Crippen molar-refractivity contribution < 1.29 is 14.1 Å². The monoisotopic (exact) mass is 234 g/mol. The summed E-state index contributed by atoms with van der Waals surface area (Å²) in [7, 11) is 1.26. The number of rotatable bonds is 3. The fourth-order valence-corrected chi connectivity index (χ4v) is 1.34. The van der Waals surface area contributed by atoms with E-state index in [9.17, 15) is 9.59 Å². The molecule has 0 aliphatic rings. The van der Waals surface area contributed by atoms with E-state index in [2.05, 4.69) is 15.2 Å². The fraction of sp³-hybridized carbons (Fsp3) is 0.182. The second-order valence-corrected chi connectivity index (χ2v) is 3.29. The number of anilines is 1. The Kier molecular flexibility index (Phi) is 3.04. The minimum absolute atomic E-state index is 0.00546. The quantitative estimate of drug-likeness (QED) is 0.790. The predicted molar refractivity (Wildman–Crippen MR) is 60.8 cm³/mol. The van der Waals surface area contributed by atoms with Crippen molar-refractivity contribution in [3.05, 3.63) is 34.5 Å². The number of hydrogen-bond acceptors (Lipinski definition) is 6. The predicted octanol–water partition coefficient (Wildman–Crippen LogP) is 0.773. The average Bonchev–Trinajstić information content (AvgIpc) is 2.38. The van der Waals surface area contributed by atoms with Crippen LogP contribution in [0.3, 0.4) is 0 Å². The van der Waals surface area contributed by atoms with Gasteiger partial charge in [0.25, 0.3) is 0 Å². The van der Waals surface area contributed by atoms with Gasteiger partial charge in [-0.2, -0.15) is 0 Å². The molecule has 88 valence electrons. The van der Waals surface area contributed by atoms with Crippen molar-refractivity contribution in [2.24, 2.45) is 0 Å². The molecule has 1 heterocycles. The minimum atomic E-state index is -0.487. The summed E-state index contributed by atoms with van der Waals surface area (Å²) in [6.45, 7) is -0.132. The number of benzene rings is 1. The highest BCUT2D eigenvalue weighted by Gasteiger charge is 2.09. The van der Waals surface area contributed by atoms with Gasteiger partial charge in [-0.25, -0.2) is 0 Å². The van der Waals surface area contributed by atoms with Crippen molar-refractivity contribution in [2.45, 2.75) is 0 Å². The number of hydrogen-bond donors (Lipinski definition) is 1. The van der Waals surface area contributed by atoms with E-state index in [1.54, 1.807) is 24.3 Å².